The first-order valence-electron chi connectivity index (χ1n) is 12.0. The average molecular weight is 498 g/mol. The number of nitrogen functional groups attached to an aromatic ring is 1. The molecule has 0 aliphatic carbocycles. The normalized spacial score (nSPS) is 18.4. The smallest absolute Gasteiger partial charge is 0.256 e. The SMILES string of the molecule is C=C(C)c1cc(NC(=O)c2ccc(C)c(Nc3ncnc4c(N)nc(N5C[C@@H]6C[C@H]5CN6)nc34)c2)[nH]n1. The molecule has 2 fully saturated rings. The molecule has 4 aromatic rings. The summed E-state index contributed by atoms with van der Waals surface area (Å²) in [5, 5.41) is 16.6. The molecule has 2 atom stereocenters. The first-order valence-corrected chi connectivity index (χ1v) is 12.0. The summed E-state index contributed by atoms with van der Waals surface area (Å²) >= 11 is 0. The molecule has 0 unspecified atom stereocenters. The lowest BCUT2D eigenvalue weighted by molar-refractivity contribution is 0.102. The summed E-state index contributed by atoms with van der Waals surface area (Å²) in [5.74, 6) is 1.59. The molecular weight excluding hydrogens is 470 g/mol. The number of fused-ring (bicyclic) bond motifs is 3. The van der Waals surface area contributed by atoms with E-state index in [1.54, 1.807) is 18.2 Å². The third kappa shape index (κ3) is 4.20. The molecule has 12 nitrogen and oxygen atoms in total. The summed E-state index contributed by atoms with van der Waals surface area (Å²) in [4.78, 5) is 33.2. The minimum absolute atomic E-state index is 0.279. The largest absolute Gasteiger partial charge is 0.382 e. The van der Waals surface area contributed by atoms with Crippen LogP contribution in [0.2, 0.25) is 0 Å². The van der Waals surface area contributed by atoms with Gasteiger partial charge in [-0.05, 0) is 43.5 Å². The second-order valence-electron chi connectivity index (χ2n) is 9.53. The number of hydrogen-bond acceptors (Lipinski definition) is 10. The van der Waals surface area contributed by atoms with Crippen molar-refractivity contribution in [3.05, 3.63) is 54.0 Å². The fourth-order valence-electron chi connectivity index (χ4n) is 4.81. The first-order chi connectivity index (χ1) is 17.9. The highest BCUT2D eigenvalue weighted by Crippen LogP contribution is 2.32. The van der Waals surface area contributed by atoms with Gasteiger partial charge in [0.1, 0.15) is 23.2 Å². The zero-order chi connectivity index (χ0) is 25.7. The number of aromatic amines is 1. The number of nitrogens with two attached hydrogens (primary N) is 1. The van der Waals surface area contributed by atoms with Crippen LogP contribution in [0.3, 0.4) is 0 Å². The number of hydrogen-bond donors (Lipinski definition) is 5. The summed E-state index contributed by atoms with van der Waals surface area (Å²) in [5.41, 5.74) is 10.9. The summed E-state index contributed by atoms with van der Waals surface area (Å²) in [6.45, 7) is 9.41. The highest BCUT2D eigenvalue weighted by atomic mass is 16.1. The van der Waals surface area contributed by atoms with Gasteiger partial charge in [0.15, 0.2) is 11.6 Å². The van der Waals surface area contributed by atoms with Crippen molar-refractivity contribution >= 4 is 51.6 Å². The van der Waals surface area contributed by atoms with Gasteiger partial charge in [0.25, 0.3) is 5.91 Å². The minimum Gasteiger partial charge on any atom is -0.382 e. The Morgan fingerprint density at radius 1 is 1.22 bits per heavy atom. The molecule has 12 heteroatoms. The zero-order valence-electron chi connectivity index (χ0n) is 20.5. The Balaban J connectivity index is 1.30. The molecule has 0 saturated carbocycles. The fraction of sp³-hybridized carbons (Fsp3) is 0.280. The Bertz CT molecular complexity index is 1550. The van der Waals surface area contributed by atoms with E-state index in [0.717, 1.165) is 30.6 Å². The van der Waals surface area contributed by atoms with Crippen molar-refractivity contribution in [2.24, 2.45) is 0 Å². The number of allylic oxidation sites excluding steroid dienone is 1. The Hall–Kier alpha value is -4.58. The van der Waals surface area contributed by atoms with E-state index in [2.05, 4.69) is 52.6 Å². The van der Waals surface area contributed by atoms with Crippen LogP contribution in [0.15, 0.2) is 37.2 Å². The lowest BCUT2D eigenvalue weighted by Crippen LogP contribution is -2.44. The number of aromatic nitrogens is 6. The molecule has 2 aliphatic rings. The maximum absolute atomic E-state index is 12.9. The van der Waals surface area contributed by atoms with E-state index in [4.69, 9.17) is 10.7 Å². The van der Waals surface area contributed by atoms with Crippen molar-refractivity contribution < 1.29 is 4.79 Å². The van der Waals surface area contributed by atoms with Gasteiger partial charge in [-0.3, -0.25) is 9.89 Å². The number of carbonyl (C=O) groups excluding carboxylic acids is 1. The number of nitrogens with one attached hydrogen (secondary N) is 4. The molecule has 5 heterocycles. The van der Waals surface area contributed by atoms with Crippen LogP contribution in [0.4, 0.5) is 29.1 Å². The number of rotatable bonds is 6. The van der Waals surface area contributed by atoms with E-state index in [1.165, 1.54) is 6.33 Å². The zero-order valence-corrected chi connectivity index (χ0v) is 20.5. The number of anilines is 5. The number of aryl methyl sites for hydroxylation is 1. The molecular formula is C25H27N11O. The highest BCUT2D eigenvalue weighted by Gasteiger charge is 2.39. The van der Waals surface area contributed by atoms with Crippen molar-refractivity contribution in [2.45, 2.75) is 32.4 Å². The Kier molecular flexibility index (Phi) is 5.45. The summed E-state index contributed by atoms with van der Waals surface area (Å²) in [6, 6.07) is 7.94. The van der Waals surface area contributed by atoms with Gasteiger partial charge in [0.05, 0.1) is 5.69 Å². The maximum atomic E-state index is 12.9. The van der Waals surface area contributed by atoms with E-state index in [9.17, 15) is 4.79 Å². The van der Waals surface area contributed by atoms with Gasteiger partial charge in [-0.25, -0.2) is 15.0 Å². The molecule has 3 aromatic heterocycles. The number of amides is 1. The lowest BCUT2D eigenvalue weighted by Gasteiger charge is -2.27. The second kappa shape index (κ2) is 8.82. The third-order valence-electron chi connectivity index (χ3n) is 6.83. The van der Waals surface area contributed by atoms with Crippen LogP contribution in [-0.2, 0) is 0 Å². The first kappa shape index (κ1) is 22.9. The lowest BCUT2D eigenvalue weighted by atomic mass is 10.1. The van der Waals surface area contributed by atoms with E-state index in [-0.39, 0.29) is 5.91 Å². The molecule has 37 heavy (non-hydrogen) atoms. The molecule has 0 radical (unpaired) electrons. The van der Waals surface area contributed by atoms with Crippen LogP contribution >= 0.6 is 0 Å². The summed E-state index contributed by atoms with van der Waals surface area (Å²) < 4.78 is 0. The standard InChI is InChI=1S/C25H27N11O/c1-12(2)17-8-19(35-34-17)31-24(37)14-5-4-13(3)18(6-14)30-23-21-20(28-11-29-23)22(26)33-25(32-21)36-10-15-7-16(36)9-27-15/h4-6,8,11,15-16,27H,1,7,9-10H2,2-3H3,(H2,26,32,33)(H,28,29,30)(H2,31,34,35,37)/t15-,16-/m0/s1. The maximum Gasteiger partial charge on any atom is 0.256 e. The van der Waals surface area contributed by atoms with Crippen molar-refractivity contribution in [2.75, 3.05) is 34.4 Å². The van der Waals surface area contributed by atoms with E-state index >= 15 is 0 Å². The number of nitrogens with zero attached hydrogens (tertiary/aromatic N) is 6. The number of benzene rings is 1. The molecule has 2 saturated heterocycles. The van der Waals surface area contributed by atoms with Crippen molar-refractivity contribution in [1.29, 1.82) is 0 Å². The van der Waals surface area contributed by atoms with Gasteiger partial charge in [-0.15, -0.1) is 0 Å². The molecule has 188 valence electrons. The Morgan fingerprint density at radius 3 is 2.81 bits per heavy atom. The molecule has 6 rings (SSSR count). The van der Waals surface area contributed by atoms with Crippen LogP contribution in [0.25, 0.3) is 16.6 Å². The quantitative estimate of drug-likeness (QED) is 0.268. The average Bonchev–Trinajstić information content (AvgIpc) is 3.63. The monoisotopic (exact) mass is 497 g/mol. The summed E-state index contributed by atoms with van der Waals surface area (Å²) in [7, 11) is 0. The molecule has 2 bridgehead atoms. The molecule has 6 N–H and O–H groups in total. The molecule has 1 amide bonds. The molecule has 1 aromatic carbocycles. The van der Waals surface area contributed by atoms with Gasteiger partial charge >= 0.3 is 0 Å². The second-order valence-corrected chi connectivity index (χ2v) is 9.53. The van der Waals surface area contributed by atoms with Gasteiger partial charge in [0.2, 0.25) is 5.95 Å². The third-order valence-corrected chi connectivity index (χ3v) is 6.83. The number of carbonyl (C=O) groups is 1. The number of piperazine rings is 1. The summed E-state index contributed by atoms with van der Waals surface area (Å²) in [6.07, 6.45) is 2.49. The van der Waals surface area contributed by atoms with E-state index in [1.807, 2.05) is 19.9 Å². The van der Waals surface area contributed by atoms with Crippen molar-refractivity contribution in [3.63, 3.8) is 0 Å². The predicted octanol–water partition coefficient (Wildman–Crippen LogP) is 2.61. The Morgan fingerprint density at radius 2 is 2.08 bits per heavy atom. The highest BCUT2D eigenvalue weighted by molar-refractivity contribution is 6.05. The van der Waals surface area contributed by atoms with Crippen molar-refractivity contribution in [1.82, 2.24) is 35.5 Å². The van der Waals surface area contributed by atoms with Crippen LogP contribution in [0.5, 0.6) is 0 Å². The van der Waals surface area contributed by atoms with Crippen LogP contribution in [0.1, 0.15) is 35.0 Å². The predicted molar refractivity (Wildman–Crippen MR) is 143 cm³/mol. The van der Waals surface area contributed by atoms with Gasteiger partial charge in [-0.2, -0.15) is 10.1 Å². The van der Waals surface area contributed by atoms with Gasteiger partial charge in [0, 0.05) is 42.5 Å². The van der Waals surface area contributed by atoms with Gasteiger partial charge < -0.3 is 26.6 Å². The van der Waals surface area contributed by atoms with E-state index in [0.29, 0.717) is 63.5 Å². The number of H-pyrrole nitrogens is 1. The Labute approximate surface area is 212 Å². The topological polar surface area (TPSA) is 163 Å². The molecule has 2 aliphatic heterocycles. The van der Waals surface area contributed by atoms with Gasteiger partial charge in [-0.1, -0.05) is 12.6 Å². The fourth-order valence-corrected chi connectivity index (χ4v) is 4.81. The van der Waals surface area contributed by atoms with Crippen LogP contribution < -0.4 is 26.6 Å². The van der Waals surface area contributed by atoms with E-state index < -0.39 is 0 Å². The minimum atomic E-state index is -0.279. The molecule has 0 spiro atoms. The van der Waals surface area contributed by atoms with Crippen LogP contribution in [-0.4, -0.2) is 61.2 Å². The van der Waals surface area contributed by atoms with Crippen LogP contribution in [0, 0.1) is 6.92 Å². The van der Waals surface area contributed by atoms with Crippen molar-refractivity contribution in [3.8, 4) is 0 Å².